The van der Waals surface area contributed by atoms with Crippen molar-refractivity contribution in [3.8, 4) is 0 Å². The molecule has 0 spiro atoms. The van der Waals surface area contributed by atoms with Gasteiger partial charge in [-0.15, -0.1) is 0 Å². The third-order valence-electron chi connectivity index (χ3n) is 3.79. The molecule has 0 heterocycles. The van der Waals surface area contributed by atoms with Gasteiger partial charge in [0.25, 0.3) is 0 Å². The SMILES string of the molecule is CS(=O)(=O)c1ccccc1NC1CCCC1CCO. The van der Waals surface area contributed by atoms with Gasteiger partial charge >= 0.3 is 0 Å². The molecular weight excluding hydrogens is 262 g/mol. The smallest absolute Gasteiger partial charge is 0.177 e. The number of para-hydroxylation sites is 1. The molecule has 2 atom stereocenters. The van der Waals surface area contributed by atoms with Crippen molar-refractivity contribution >= 4 is 15.5 Å². The molecule has 1 aliphatic rings. The van der Waals surface area contributed by atoms with Crippen LogP contribution in [-0.2, 0) is 9.84 Å². The van der Waals surface area contributed by atoms with Gasteiger partial charge in [0.15, 0.2) is 9.84 Å². The molecule has 2 unspecified atom stereocenters. The Balaban J connectivity index is 2.19. The summed E-state index contributed by atoms with van der Waals surface area (Å²) in [5, 5.41) is 12.4. The third-order valence-corrected chi connectivity index (χ3v) is 4.94. The van der Waals surface area contributed by atoms with Crippen LogP contribution in [0.2, 0.25) is 0 Å². The van der Waals surface area contributed by atoms with E-state index in [-0.39, 0.29) is 12.6 Å². The summed E-state index contributed by atoms with van der Waals surface area (Å²) in [5.74, 6) is 0.428. The van der Waals surface area contributed by atoms with Crippen LogP contribution in [0.3, 0.4) is 0 Å². The van der Waals surface area contributed by atoms with E-state index in [4.69, 9.17) is 5.11 Å². The highest BCUT2D eigenvalue weighted by molar-refractivity contribution is 7.90. The number of benzene rings is 1. The molecule has 4 nitrogen and oxygen atoms in total. The van der Waals surface area contributed by atoms with Gasteiger partial charge in [-0.05, 0) is 37.3 Å². The van der Waals surface area contributed by atoms with Gasteiger partial charge in [-0.3, -0.25) is 0 Å². The van der Waals surface area contributed by atoms with Crippen LogP contribution in [0.15, 0.2) is 29.2 Å². The van der Waals surface area contributed by atoms with Gasteiger partial charge in [-0.2, -0.15) is 0 Å². The maximum absolute atomic E-state index is 11.8. The maximum Gasteiger partial charge on any atom is 0.177 e. The van der Waals surface area contributed by atoms with E-state index in [2.05, 4.69) is 5.32 Å². The summed E-state index contributed by atoms with van der Waals surface area (Å²) in [6.07, 6.45) is 5.26. The number of aliphatic hydroxyl groups excluding tert-OH is 1. The van der Waals surface area contributed by atoms with Crippen LogP contribution in [0.5, 0.6) is 0 Å². The van der Waals surface area contributed by atoms with Gasteiger partial charge in [0.05, 0.1) is 10.6 Å². The first-order valence-corrected chi connectivity index (χ1v) is 8.58. The summed E-state index contributed by atoms with van der Waals surface area (Å²) >= 11 is 0. The van der Waals surface area contributed by atoms with Gasteiger partial charge in [0, 0.05) is 18.9 Å². The Morgan fingerprint density at radius 1 is 1.32 bits per heavy atom. The molecule has 0 aromatic heterocycles. The molecule has 1 aromatic rings. The number of hydrogen-bond donors (Lipinski definition) is 2. The van der Waals surface area contributed by atoms with Crippen LogP contribution in [0.4, 0.5) is 5.69 Å². The fraction of sp³-hybridized carbons (Fsp3) is 0.571. The second-order valence-corrected chi connectivity index (χ2v) is 7.21. The number of hydrogen-bond acceptors (Lipinski definition) is 4. The van der Waals surface area contributed by atoms with Gasteiger partial charge in [0.2, 0.25) is 0 Å². The van der Waals surface area contributed by atoms with Gasteiger partial charge < -0.3 is 10.4 Å². The van der Waals surface area contributed by atoms with Crippen molar-refractivity contribution in [2.45, 2.75) is 36.6 Å². The summed E-state index contributed by atoms with van der Waals surface area (Å²) in [7, 11) is -3.22. The molecule has 1 aromatic carbocycles. The lowest BCUT2D eigenvalue weighted by molar-refractivity contribution is 0.254. The van der Waals surface area contributed by atoms with Gasteiger partial charge in [-0.1, -0.05) is 18.6 Å². The molecule has 2 N–H and O–H groups in total. The van der Waals surface area contributed by atoms with Crippen LogP contribution in [0, 0.1) is 5.92 Å². The van der Waals surface area contributed by atoms with Gasteiger partial charge in [0.1, 0.15) is 0 Å². The van der Waals surface area contributed by atoms with E-state index in [0.29, 0.717) is 16.5 Å². The quantitative estimate of drug-likeness (QED) is 0.868. The number of aliphatic hydroxyl groups is 1. The Morgan fingerprint density at radius 2 is 2.05 bits per heavy atom. The Labute approximate surface area is 114 Å². The number of nitrogens with one attached hydrogen (secondary N) is 1. The highest BCUT2D eigenvalue weighted by Crippen LogP contribution is 2.32. The van der Waals surface area contributed by atoms with Crippen LogP contribution in [0.1, 0.15) is 25.7 Å². The normalized spacial score (nSPS) is 23.5. The van der Waals surface area contributed by atoms with Crippen molar-refractivity contribution in [1.29, 1.82) is 0 Å². The first-order valence-electron chi connectivity index (χ1n) is 6.69. The highest BCUT2D eigenvalue weighted by atomic mass is 32.2. The second kappa shape index (κ2) is 5.92. The third kappa shape index (κ3) is 3.48. The topological polar surface area (TPSA) is 66.4 Å². The van der Waals surface area contributed by atoms with Crippen molar-refractivity contribution < 1.29 is 13.5 Å². The van der Waals surface area contributed by atoms with E-state index in [0.717, 1.165) is 25.7 Å². The van der Waals surface area contributed by atoms with E-state index in [1.807, 2.05) is 12.1 Å². The first kappa shape index (κ1) is 14.3. The molecule has 0 aliphatic heterocycles. The lowest BCUT2D eigenvalue weighted by Crippen LogP contribution is -2.25. The fourth-order valence-corrected chi connectivity index (χ4v) is 3.70. The maximum atomic E-state index is 11.8. The molecule has 0 saturated heterocycles. The van der Waals surface area contributed by atoms with E-state index >= 15 is 0 Å². The molecule has 0 radical (unpaired) electrons. The van der Waals surface area contributed by atoms with E-state index < -0.39 is 9.84 Å². The monoisotopic (exact) mass is 283 g/mol. The Morgan fingerprint density at radius 3 is 2.74 bits per heavy atom. The molecular formula is C14H21NO3S. The minimum absolute atomic E-state index is 0.191. The number of anilines is 1. The highest BCUT2D eigenvalue weighted by Gasteiger charge is 2.27. The molecule has 1 fully saturated rings. The van der Waals surface area contributed by atoms with Crippen molar-refractivity contribution in [2.75, 3.05) is 18.2 Å². The Kier molecular flexibility index (Phi) is 4.47. The zero-order chi connectivity index (χ0) is 13.9. The van der Waals surface area contributed by atoms with E-state index in [9.17, 15) is 8.42 Å². The van der Waals surface area contributed by atoms with Crippen LogP contribution < -0.4 is 5.32 Å². The summed E-state index contributed by atoms with van der Waals surface area (Å²) in [5.41, 5.74) is 0.680. The molecule has 106 valence electrons. The average molecular weight is 283 g/mol. The van der Waals surface area contributed by atoms with Crippen molar-refractivity contribution in [2.24, 2.45) is 5.92 Å². The van der Waals surface area contributed by atoms with E-state index in [1.165, 1.54) is 6.26 Å². The second-order valence-electron chi connectivity index (χ2n) is 5.22. The molecule has 1 aliphatic carbocycles. The average Bonchev–Trinajstić information content (AvgIpc) is 2.77. The largest absolute Gasteiger partial charge is 0.396 e. The zero-order valence-electron chi connectivity index (χ0n) is 11.2. The molecule has 0 amide bonds. The summed E-state index contributed by atoms with van der Waals surface area (Å²) in [6.45, 7) is 0.191. The van der Waals surface area contributed by atoms with Crippen molar-refractivity contribution in [3.63, 3.8) is 0 Å². The lowest BCUT2D eigenvalue weighted by Gasteiger charge is -2.22. The van der Waals surface area contributed by atoms with Crippen LogP contribution >= 0.6 is 0 Å². The molecule has 5 heteroatoms. The predicted molar refractivity (Wildman–Crippen MR) is 76.0 cm³/mol. The molecule has 2 rings (SSSR count). The summed E-state index contributed by atoms with van der Waals surface area (Å²) in [6, 6.07) is 7.28. The molecule has 0 bridgehead atoms. The zero-order valence-corrected chi connectivity index (χ0v) is 12.0. The van der Waals surface area contributed by atoms with Gasteiger partial charge in [-0.25, -0.2) is 8.42 Å². The van der Waals surface area contributed by atoms with E-state index in [1.54, 1.807) is 12.1 Å². The summed E-state index contributed by atoms with van der Waals surface area (Å²) < 4.78 is 23.5. The Hall–Kier alpha value is -1.07. The minimum Gasteiger partial charge on any atom is -0.396 e. The number of rotatable bonds is 5. The molecule has 19 heavy (non-hydrogen) atoms. The first-order chi connectivity index (χ1) is 9.02. The fourth-order valence-electron chi connectivity index (χ4n) is 2.85. The van der Waals surface area contributed by atoms with Crippen LogP contribution in [-0.4, -0.2) is 32.4 Å². The minimum atomic E-state index is -3.22. The summed E-state index contributed by atoms with van der Waals surface area (Å²) in [4.78, 5) is 0.352. The van der Waals surface area contributed by atoms with Crippen LogP contribution in [0.25, 0.3) is 0 Å². The predicted octanol–water partition coefficient (Wildman–Crippen LogP) is 2.05. The lowest BCUT2D eigenvalue weighted by atomic mass is 10.00. The standard InChI is InChI=1S/C14H21NO3S/c1-19(17,18)14-8-3-2-6-13(14)15-12-7-4-5-11(12)9-10-16/h2-3,6,8,11-12,15-16H,4-5,7,9-10H2,1H3. The Bertz CT molecular complexity index is 527. The molecule has 1 saturated carbocycles. The van der Waals surface area contributed by atoms with Crippen molar-refractivity contribution in [1.82, 2.24) is 0 Å². The van der Waals surface area contributed by atoms with Crippen molar-refractivity contribution in [3.05, 3.63) is 24.3 Å². The number of sulfone groups is 1.